The summed E-state index contributed by atoms with van der Waals surface area (Å²) >= 11 is 0. The number of aryl methyl sites for hydroxylation is 1. The highest BCUT2D eigenvalue weighted by atomic mass is 15.6. The van der Waals surface area contributed by atoms with Crippen molar-refractivity contribution in [2.45, 2.75) is 26.2 Å². The van der Waals surface area contributed by atoms with Crippen LogP contribution in [0.25, 0.3) is 0 Å². The molecule has 0 saturated carbocycles. The summed E-state index contributed by atoms with van der Waals surface area (Å²) in [7, 11) is 1.73. The van der Waals surface area contributed by atoms with Crippen LogP contribution in [-0.4, -0.2) is 20.2 Å². The van der Waals surface area contributed by atoms with Crippen molar-refractivity contribution in [3.05, 3.63) is 5.82 Å². The summed E-state index contributed by atoms with van der Waals surface area (Å²) in [5.41, 5.74) is 0. The van der Waals surface area contributed by atoms with Gasteiger partial charge in [0.05, 0.1) is 7.05 Å². The van der Waals surface area contributed by atoms with Gasteiger partial charge in [0.25, 0.3) is 0 Å². The summed E-state index contributed by atoms with van der Waals surface area (Å²) in [5.74, 6) is 6.34. The predicted octanol–water partition coefficient (Wildman–Crippen LogP) is 0.752. The number of rotatable bonds is 2. The number of unbranched alkanes of at least 4 members (excludes halogenated alkanes) is 2. The molecule has 0 saturated heterocycles. The Morgan fingerprint density at radius 3 is 2.92 bits per heavy atom. The van der Waals surface area contributed by atoms with Crippen molar-refractivity contribution in [3.63, 3.8) is 0 Å². The van der Waals surface area contributed by atoms with E-state index in [2.05, 4.69) is 34.2 Å². The molecule has 0 fully saturated rings. The molecule has 0 N–H and O–H groups in total. The Labute approximate surface area is 72.0 Å². The van der Waals surface area contributed by atoms with Gasteiger partial charge < -0.3 is 0 Å². The molecule has 0 spiro atoms. The van der Waals surface area contributed by atoms with Gasteiger partial charge in [0, 0.05) is 6.42 Å². The van der Waals surface area contributed by atoms with Crippen LogP contribution in [0.2, 0.25) is 0 Å². The number of hydrogen-bond acceptors (Lipinski definition) is 3. The first-order valence-electron chi connectivity index (χ1n) is 4.06. The maximum atomic E-state index is 3.93. The van der Waals surface area contributed by atoms with Crippen molar-refractivity contribution in [2.75, 3.05) is 0 Å². The summed E-state index contributed by atoms with van der Waals surface area (Å²) in [5, 5.41) is 11.3. The SMILES string of the molecule is CCCCC#Cc1nnn(C)n1. The van der Waals surface area contributed by atoms with Crippen LogP contribution in [-0.2, 0) is 7.05 Å². The number of tetrazole rings is 1. The van der Waals surface area contributed by atoms with Crippen molar-refractivity contribution in [1.29, 1.82) is 0 Å². The van der Waals surface area contributed by atoms with E-state index >= 15 is 0 Å². The van der Waals surface area contributed by atoms with Crippen LogP contribution < -0.4 is 0 Å². The number of nitrogens with zero attached hydrogens (tertiary/aromatic N) is 4. The second-order valence-corrected chi connectivity index (χ2v) is 2.51. The zero-order chi connectivity index (χ0) is 8.81. The van der Waals surface area contributed by atoms with Crippen LogP contribution in [0.3, 0.4) is 0 Å². The van der Waals surface area contributed by atoms with Crippen LogP contribution in [0.4, 0.5) is 0 Å². The van der Waals surface area contributed by atoms with Gasteiger partial charge in [-0.15, -0.1) is 5.10 Å². The second kappa shape index (κ2) is 4.50. The average molecular weight is 164 g/mol. The Kier molecular flexibility index (Phi) is 3.27. The molecule has 0 aliphatic rings. The molecule has 1 aromatic heterocycles. The van der Waals surface area contributed by atoms with Gasteiger partial charge in [-0.2, -0.15) is 4.80 Å². The molecular formula is C8H12N4. The molecule has 4 heteroatoms. The molecule has 64 valence electrons. The lowest BCUT2D eigenvalue weighted by Gasteiger charge is -1.81. The van der Waals surface area contributed by atoms with Crippen LogP contribution in [0.5, 0.6) is 0 Å². The van der Waals surface area contributed by atoms with Crippen LogP contribution in [0.1, 0.15) is 32.0 Å². The Hall–Kier alpha value is -1.37. The minimum absolute atomic E-state index is 0.508. The second-order valence-electron chi connectivity index (χ2n) is 2.51. The normalized spacial score (nSPS) is 9.17. The molecular weight excluding hydrogens is 152 g/mol. The van der Waals surface area contributed by atoms with E-state index in [0.717, 1.165) is 12.8 Å². The maximum absolute atomic E-state index is 3.93. The van der Waals surface area contributed by atoms with Crippen LogP contribution in [0.15, 0.2) is 0 Å². The van der Waals surface area contributed by atoms with E-state index in [1.165, 1.54) is 11.2 Å². The monoisotopic (exact) mass is 164 g/mol. The van der Waals surface area contributed by atoms with E-state index in [4.69, 9.17) is 0 Å². The van der Waals surface area contributed by atoms with Gasteiger partial charge >= 0.3 is 0 Å². The van der Waals surface area contributed by atoms with E-state index in [9.17, 15) is 0 Å². The first-order chi connectivity index (χ1) is 5.83. The third kappa shape index (κ3) is 2.70. The minimum Gasteiger partial charge on any atom is -0.166 e. The maximum Gasteiger partial charge on any atom is 0.247 e. The van der Waals surface area contributed by atoms with Gasteiger partial charge in [-0.3, -0.25) is 0 Å². The molecule has 0 bridgehead atoms. The summed E-state index contributed by atoms with van der Waals surface area (Å²) in [4.78, 5) is 1.41. The Balaban J connectivity index is 2.43. The lowest BCUT2D eigenvalue weighted by atomic mass is 10.2. The Morgan fingerprint density at radius 1 is 1.50 bits per heavy atom. The molecule has 0 aromatic carbocycles. The fourth-order valence-corrected chi connectivity index (χ4v) is 0.741. The summed E-state index contributed by atoms with van der Waals surface area (Å²) in [6.45, 7) is 2.14. The van der Waals surface area contributed by atoms with E-state index < -0.39 is 0 Å². The number of aromatic nitrogens is 4. The zero-order valence-corrected chi connectivity index (χ0v) is 7.41. The zero-order valence-electron chi connectivity index (χ0n) is 7.41. The Morgan fingerprint density at radius 2 is 2.33 bits per heavy atom. The molecule has 0 aliphatic heterocycles. The van der Waals surface area contributed by atoms with Gasteiger partial charge in [0.1, 0.15) is 0 Å². The molecule has 0 radical (unpaired) electrons. The van der Waals surface area contributed by atoms with Crippen molar-refractivity contribution in [1.82, 2.24) is 20.2 Å². The number of hydrogen-bond donors (Lipinski definition) is 0. The fourth-order valence-electron chi connectivity index (χ4n) is 0.741. The van der Waals surface area contributed by atoms with E-state index in [0.29, 0.717) is 5.82 Å². The molecule has 1 aromatic rings. The summed E-state index contributed by atoms with van der Waals surface area (Å²) in [6, 6.07) is 0. The quantitative estimate of drug-likeness (QED) is 0.478. The summed E-state index contributed by atoms with van der Waals surface area (Å²) in [6.07, 6.45) is 3.21. The Bertz CT molecular complexity index is 291. The molecule has 0 aliphatic carbocycles. The van der Waals surface area contributed by atoms with Crippen molar-refractivity contribution < 1.29 is 0 Å². The van der Waals surface area contributed by atoms with E-state index in [1.54, 1.807) is 7.05 Å². The lowest BCUT2D eigenvalue weighted by molar-refractivity contribution is 0.629. The van der Waals surface area contributed by atoms with Gasteiger partial charge in [0.2, 0.25) is 5.82 Å². The molecule has 0 amide bonds. The predicted molar refractivity (Wildman–Crippen MR) is 45.2 cm³/mol. The van der Waals surface area contributed by atoms with E-state index in [1.807, 2.05) is 0 Å². The van der Waals surface area contributed by atoms with Crippen LogP contribution in [0, 0.1) is 11.8 Å². The average Bonchev–Trinajstić information content (AvgIpc) is 2.45. The molecule has 1 heterocycles. The molecule has 0 atom stereocenters. The highest BCUT2D eigenvalue weighted by Gasteiger charge is 1.91. The van der Waals surface area contributed by atoms with Crippen molar-refractivity contribution in [3.8, 4) is 11.8 Å². The van der Waals surface area contributed by atoms with Crippen molar-refractivity contribution >= 4 is 0 Å². The molecule has 1 rings (SSSR count). The minimum atomic E-state index is 0.508. The van der Waals surface area contributed by atoms with E-state index in [-0.39, 0.29) is 0 Å². The molecule has 12 heavy (non-hydrogen) atoms. The smallest absolute Gasteiger partial charge is 0.166 e. The highest BCUT2D eigenvalue weighted by Crippen LogP contribution is 1.91. The standard InChI is InChI=1S/C8H12N4/c1-3-4-5-6-7-8-9-11-12(2)10-8/h3-5H2,1-2H3. The van der Waals surface area contributed by atoms with Gasteiger partial charge in [-0.1, -0.05) is 24.4 Å². The third-order valence-corrected chi connectivity index (χ3v) is 1.36. The first kappa shape index (κ1) is 8.72. The first-order valence-corrected chi connectivity index (χ1v) is 4.06. The lowest BCUT2D eigenvalue weighted by Crippen LogP contribution is -1.91. The highest BCUT2D eigenvalue weighted by molar-refractivity contribution is 5.17. The molecule has 0 unspecified atom stereocenters. The third-order valence-electron chi connectivity index (χ3n) is 1.36. The van der Waals surface area contributed by atoms with Gasteiger partial charge in [0.15, 0.2) is 0 Å². The van der Waals surface area contributed by atoms with Crippen molar-refractivity contribution in [2.24, 2.45) is 7.05 Å². The van der Waals surface area contributed by atoms with Gasteiger partial charge in [-0.05, 0) is 17.6 Å². The molecule has 4 nitrogen and oxygen atoms in total. The van der Waals surface area contributed by atoms with Gasteiger partial charge in [-0.25, -0.2) is 0 Å². The summed E-state index contributed by atoms with van der Waals surface area (Å²) < 4.78 is 0. The fraction of sp³-hybridized carbons (Fsp3) is 0.625. The topological polar surface area (TPSA) is 43.6 Å². The largest absolute Gasteiger partial charge is 0.247 e. The van der Waals surface area contributed by atoms with Crippen LogP contribution >= 0.6 is 0 Å².